The monoisotopic (exact) mass is 300 g/mol. The van der Waals surface area contributed by atoms with Gasteiger partial charge >= 0.3 is 0 Å². The highest BCUT2D eigenvalue weighted by Crippen LogP contribution is 2.30. The Balaban J connectivity index is 1.93. The lowest BCUT2D eigenvalue weighted by Crippen LogP contribution is -2.30. The third-order valence-electron chi connectivity index (χ3n) is 4.03. The zero-order valence-corrected chi connectivity index (χ0v) is 13.0. The lowest BCUT2D eigenvalue weighted by atomic mass is 9.99. The van der Waals surface area contributed by atoms with E-state index in [9.17, 15) is 8.42 Å². The van der Waals surface area contributed by atoms with Gasteiger partial charge in [-0.2, -0.15) is 0 Å². The Labute approximate surface area is 121 Å². The standard InChI is InChI=1S/C14H24N2O3S/c1-3-15-10-13-7-8-14(19-13)20(17,18)16-9-12-6-4-5-11(12)2/h7-8,11-12,15-16H,3-6,9-10H2,1-2H3. The van der Waals surface area contributed by atoms with Crippen LogP contribution in [0.25, 0.3) is 0 Å². The summed E-state index contributed by atoms with van der Waals surface area (Å²) < 4.78 is 32.4. The van der Waals surface area contributed by atoms with E-state index in [1.54, 1.807) is 6.07 Å². The van der Waals surface area contributed by atoms with E-state index in [0.717, 1.165) is 13.0 Å². The van der Waals surface area contributed by atoms with E-state index in [1.165, 1.54) is 18.9 Å². The Bertz CT molecular complexity index is 524. The Hall–Kier alpha value is -0.850. The second-order valence-electron chi connectivity index (χ2n) is 5.52. The van der Waals surface area contributed by atoms with Crippen LogP contribution >= 0.6 is 0 Å². The smallest absolute Gasteiger partial charge is 0.273 e. The van der Waals surface area contributed by atoms with E-state index >= 15 is 0 Å². The molecule has 20 heavy (non-hydrogen) atoms. The average molecular weight is 300 g/mol. The number of hydrogen-bond acceptors (Lipinski definition) is 4. The highest BCUT2D eigenvalue weighted by molar-refractivity contribution is 7.89. The summed E-state index contributed by atoms with van der Waals surface area (Å²) in [6.07, 6.45) is 3.49. The molecule has 0 aromatic carbocycles. The van der Waals surface area contributed by atoms with Crippen molar-refractivity contribution in [3.05, 3.63) is 17.9 Å². The number of nitrogens with one attached hydrogen (secondary N) is 2. The summed E-state index contributed by atoms with van der Waals surface area (Å²) >= 11 is 0. The topological polar surface area (TPSA) is 71.3 Å². The van der Waals surface area contributed by atoms with Gasteiger partial charge in [-0.05, 0) is 36.9 Å². The quantitative estimate of drug-likeness (QED) is 0.809. The van der Waals surface area contributed by atoms with Gasteiger partial charge in [-0.25, -0.2) is 13.1 Å². The summed E-state index contributed by atoms with van der Waals surface area (Å²) in [6, 6.07) is 3.22. The molecule has 1 saturated carbocycles. The number of hydrogen-bond donors (Lipinski definition) is 2. The summed E-state index contributed by atoms with van der Waals surface area (Å²) in [7, 11) is -3.52. The van der Waals surface area contributed by atoms with E-state index in [-0.39, 0.29) is 5.09 Å². The molecule has 1 heterocycles. The fraction of sp³-hybridized carbons (Fsp3) is 0.714. The van der Waals surface area contributed by atoms with Crippen LogP contribution in [0, 0.1) is 11.8 Å². The lowest BCUT2D eigenvalue weighted by Gasteiger charge is -2.15. The van der Waals surface area contributed by atoms with Crippen molar-refractivity contribution in [1.82, 2.24) is 10.0 Å². The summed E-state index contributed by atoms with van der Waals surface area (Å²) in [5.41, 5.74) is 0. The van der Waals surface area contributed by atoms with Gasteiger partial charge in [0.15, 0.2) is 0 Å². The maximum absolute atomic E-state index is 12.2. The summed E-state index contributed by atoms with van der Waals surface area (Å²) in [5, 5.41) is 3.11. The van der Waals surface area contributed by atoms with Crippen molar-refractivity contribution in [3.63, 3.8) is 0 Å². The minimum atomic E-state index is -3.52. The predicted octanol–water partition coefficient (Wildman–Crippen LogP) is 2.10. The number of furan rings is 1. The first-order chi connectivity index (χ1) is 9.53. The van der Waals surface area contributed by atoms with Crippen LogP contribution in [0.2, 0.25) is 0 Å². The molecule has 0 amide bonds. The molecular weight excluding hydrogens is 276 g/mol. The van der Waals surface area contributed by atoms with Gasteiger partial charge in [0.1, 0.15) is 5.76 Å². The normalized spacial score (nSPS) is 23.3. The molecule has 1 aromatic heterocycles. The molecule has 0 saturated heterocycles. The van der Waals surface area contributed by atoms with Gasteiger partial charge in [0.25, 0.3) is 10.0 Å². The van der Waals surface area contributed by atoms with Gasteiger partial charge < -0.3 is 9.73 Å². The third-order valence-corrected chi connectivity index (χ3v) is 5.32. The lowest BCUT2D eigenvalue weighted by molar-refractivity contribution is 0.390. The molecule has 2 rings (SSSR count). The van der Waals surface area contributed by atoms with Crippen molar-refractivity contribution in [3.8, 4) is 0 Å². The third kappa shape index (κ3) is 3.84. The fourth-order valence-electron chi connectivity index (χ4n) is 2.66. The zero-order valence-electron chi connectivity index (χ0n) is 12.2. The molecule has 5 nitrogen and oxygen atoms in total. The Morgan fingerprint density at radius 3 is 2.80 bits per heavy atom. The van der Waals surface area contributed by atoms with Gasteiger partial charge in [-0.1, -0.05) is 26.7 Å². The molecule has 1 aliphatic carbocycles. The molecule has 1 aliphatic rings. The van der Waals surface area contributed by atoms with Crippen LogP contribution in [-0.4, -0.2) is 21.5 Å². The zero-order chi connectivity index (χ0) is 14.6. The first-order valence-corrected chi connectivity index (χ1v) is 8.80. The van der Waals surface area contributed by atoms with Gasteiger partial charge in [-0.3, -0.25) is 0 Å². The van der Waals surface area contributed by atoms with Crippen LogP contribution in [0.15, 0.2) is 21.6 Å². The first kappa shape index (κ1) is 15.5. The molecule has 1 aromatic rings. The van der Waals surface area contributed by atoms with Crippen LogP contribution in [-0.2, 0) is 16.6 Å². The highest BCUT2D eigenvalue weighted by atomic mass is 32.2. The largest absolute Gasteiger partial charge is 0.447 e. The minimum absolute atomic E-state index is 0.0102. The SMILES string of the molecule is CCNCc1ccc(S(=O)(=O)NCC2CCCC2C)o1. The second-order valence-corrected chi connectivity index (χ2v) is 7.22. The van der Waals surface area contributed by atoms with Crippen LogP contribution in [0.5, 0.6) is 0 Å². The van der Waals surface area contributed by atoms with Crippen molar-refractivity contribution in [1.29, 1.82) is 0 Å². The molecule has 1 fully saturated rings. The molecule has 6 heteroatoms. The van der Waals surface area contributed by atoms with Crippen molar-refractivity contribution in [2.45, 2.75) is 44.7 Å². The molecule has 114 valence electrons. The average Bonchev–Trinajstić information content (AvgIpc) is 3.03. The molecule has 2 atom stereocenters. The van der Waals surface area contributed by atoms with E-state index < -0.39 is 10.0 Å². The predicted molar refractivity (Wildman–Crippen MR) is 77.8 cm³/mol. The van der Waals surface area contributed by atoms with Gasteiger partial charge in [0.2, 0.25) is 5.09 Å². The maximum Gasteiger partial charge on any atom is 0.273 e. The van der Waals surface area contributed by atoms with Gasteiger partial charge in [0, 0.05) is 6.54 Å². The van der Waals surface area contributed by atoms with Crippen LogP contribution in [0.1, 0.15) is 38.9 Å². The fourth-order valence-corrected chi connectivity index (χ4v) is 3.70. The summed E-state index contributed by atoms with van der Waals surface area (Å²) in [5.74, 6) is 1.68. The molecule has 0 bridgehead atoms. The second kappa shape index (κ2) is 6.74. The van der Waals surface area contributed by atoms with Crippen LogP contribution in [0.4, 0.5) is 0 Å². The number of sulfonamides is 1. The number of rotatable bonds is 7. The molecule has 0 spiro atoms. The van der Waals surface area contributed by atoms with Gasteiger partial charge in [-0.15, -0.1) is 0 Å². The summed E-state index contributed by atoms with van der Waals surface area (Å²) in [6.45, 7) is 6.05. The van der Waals surface area contributed by atoms with E-state index in [1.807, 2.05) is 6.92 Å². The molecule has 2 unspecified atom stereocenters. The molecule has 0 radical (unpaired) electrons. The van der Waals surface area contributed by atoms with Crippen molar-refractivity contribution < 1.29 is 12.8 Å². The summed E-state index contributed by atoms with van der Waals surface area (Å²) in [4.78, 5) is 0. The van der Waals surface area contributed by atoms with Crippen LogP contribution < -0.4 is 10.0 Å². The minimum Gasteiger partial charge on any atom is -0.447 e. The van der Waals surface area contributed by atoms with Crippen molar-refractivity contribution >= 4 is 10.0 Å². The first-order valence-electron chi connectivity index (χ1n) is 7.32. The highest BCUT2D eigenvalue weighted by Gasteiger charge is 2.26. The van der Waals surface area contributed by atoms with E-state index in [0.29, 0.717) is 30.7 Å². The Morgan fingerprint density at radius 2 is 2.15 bits per heavy atom. The molecule has 2 N–H and O–H groups in total. The maximum atomic E-state index is 12.2. The van der Waals surface area contributed by atoms with E-state index in [4.69, 9.17) is 4.42 Å². The van der Waals surface area contributed by atoms with E-state index in [2.05, 4.69) is 17.0 Å². The Morgan fingerprint density at radius 1 is 1.35 bits per heavy atom. The molecular formula is C14H24N2O3S. The van der Waals surface area contributed by atoms with Gasteiger partial charge in [0.05, 0.1) is 6.54 Å². The van der Waals surface area contributed by atoms with Crippen LogP contribution in [0.3, 0.4) is 0 Å². The Kier molecular flexibility index (Phi) is 5.23. The van der Waals surface area contributed by atoms with Crippen molar-refractivity contribution in [2.75, 3.05) is 13.1 Å². The molecule has 0 aliphatic heterocycles. The van der Waals surface area contributed by atoms with Crippen molar-refractivity contribution in [2.24, 2.45) is 11.8 Å².